The van der Waals surface area contributed by atoms with E-state index in [0.717, 1.165) is 29.6 Å². The number of nitrogens with one attached hydrogen (secondary N) is 2. The lowest BCUT2D eigenvalue weighted by molar-refractivity contribution is -0.137. The predicted molar refractivity (Wildman–Crippen MR) is 88.5 cm³/mol. The first-order chi connectivity index (χ1) is 12.1. The van der Waals surface area contributed by atoms with Gasteiger partial charge in [-0.1, -0.05) is 12.1 Å². The first kappa shape index (κ1) is 19.2. The lowest BCUT2D eigenvalue weighted by Crippen LogP contribution is -2.42. The average Bonchev–Trinajstić information content (AvgIpc) is 2.88. The molecule has 0 aliphatic carbocycles. The molecule has 0 fully saturated rings. The van der Waals surface area contributed by atoms with E-state index in [9.17, 15) is 22.8 Å². The Bertz CT molecular complexity index is 841. The molecule has 2 rings (SSSR count). The monoisotopic (exact) mass is 366 g/mol. The van der Waals surface area contributed by atoms with Gasteiger partial charge >= 0.3 is 6.18 Å². The van der Waals surface area contributed by atoms with Crippen molar-refractivity contribution in [3.8, 4) is 0 Å². The molecule has 0 spiro atoms. The Morgan fingerprint density at radius 3 is 2.54 bits per heavy atom. The fraction of sp³-hybridized carbons (Fsp3) is 0.235. The lowest BCUT2D eigenvalue weighted by Gasteiger charge is -2.07. The summed E-state index contributed by atoms with van der Waals surface area (Å²) in [6.07, 6.45) is -2.21. The van der Waals surface area contributed by atoms with Gasteiger partial charge in [0.15, 0.2) is 0 Å². The van der Waals surface area contributed by atoms with Gasteiger partial charge in [0, 0.05) is 11.8 Å². The van der Waals surface area contributed by atoms with Gasteiger partial charge in [-0.25, -0.2) is 0 Å². The number of halogens is 3. The molecule has 0 radical (unpaired) electrons. The first-order valence-corrected chi connectivity index (χ1v) is 7.60. The van der Waals surface area contributed by atoms with Crippen molar-refractivity contribution in [2.45, 2.75) is 26.6 Å². The smallest absolute Gasteiger partial charge is 0.271 e. The summed E-state index contributed by atoms with van der Waals surface area (Å²) in [4.78, 5) is 23.4. The maximum absolute atomic E-state index is 12.6. The second kappa shape index (κ2) is 7.85. The molecule has 6 nitrogen and oxygen atoms in total. The van der Waals surface area contributed by atoms with Crippen LogP contribution in [0.1, 0.15) is 22.5 Å². The van der Waals surface area contributed by atoms with Gasteiger partial charge in [-0.2, -0.15) is 18.3 Å². The number of benzene rings is 1. The van der Waals surface area contributed by atoms with E-state index >= 15 is 0 Å². The Hall–Kier alpha value is -3.10. The second-order valence-electron chi connectivity index (χ2n) is 5.58. The van der Waals surface area contributed by atoms with Crippen LogP contribution in [0, 0.1) is 13.8 Å². The SMILES string of the molecule is Cc1cc(C)n(CC(=O)NNC(=O)/C=C/c2cccc(C(F)(F)F)c2)n1. The maximum Gasteiger partial charge on any atom is 0.416 e. The van der Waals surface area contributed by atoms with Crippen molar-refractivity contribution in [1.82, 2.24) is 20.6 Å². The number of hydrogen-bond donors (Lipinski definition) is 2. The van der Waals surface area contributed by atoms with E-state index in [4.69, 9.17) is 0 Å². The van der Waals surface area contributed by atoms with E-state index in [1.54, 1.807) is 13.8 Å². The molecule has 2 amide bonds. The van der Waals surface area contributed by atoms with Crippen molar-refractivity contribution >= 4 is 17.9 Å². The lowest BCUT2D eigenvalue weighted by atomic mass is 10.1. The maximum atomic E-state index is 12.6. The summed E-state index contributed by atoms with van der Waals surface area (Å²) >= 11 is 0. The molecule has 0 unspecified atom stereocenters. The summed E-state index contributed by atoms with van der Waals surface area (Å²) in [5.41, 5.74) is 5.34. The molecule has 0 aliphatic heterocycles. The topological polar surface area (TPSA) is 76.0 Å². The van der Waals surface area contributed by atoms with Gasteiger partial charge in [-0.05, 0) is 43.7 Å². The standard InChI is InChI=1S/C17H17F3N4O2/c1-11-8-12(2)24(23-11)10-16(26)22-21-15(25)7-6-13-4-3-5-14(9-13)17(18,19)20/h3-9H,10H2,1-2H3,(H,21,25)(H,22,26)/b7-6+. The number of nitrogens with zero attached hydrogens (tertiary/aromatic N) is 2. The van der Waals surface area contributed by atoms with E-state index in [0.29, 0.717) is 0 Å². The fourth-order valence-electron chi connectivity index (χ4n) is 2.17. The first-order valence-electron chi connectivity index (χ1n) is 7.60. The number of hydrazine groups is 1. The van der Waals surface area contributed by atoms with Gasteiger partial charge in [0.2, 0.25) is 0 Å². The van der Waals surface area contributed by atoms with Crippen LogP contribution in [-0.2, 0) is 22.3 Å². The number of rotatable bonds is 4. The Kier molecular flexibility index (Phi) is 5.81. The van der Waals surface area contributed by atoms with E-state index < -0.39 is 23.6 Å². The molecule has 0 bridgehead atoms. The minimum atomic E-state index is -4.46. The van der Waals surface area contributed by atoms with Crippen LogP contribution in [0.25, 0.3) is 6.08 Å². The molecular formula is C17H17F3N4O2. The molecule has 1 aromatic carbocycles. The van der Waals surface area contributed by atoms with E-state index in [1.807, 2.05) is 6.07 Å². The van der Waals surface area contributed by atoms with Gasteiger partial charge in [-0.3, -0.25) is 25.1 Å². The summed E-state index contributed by atoms with van der Waals surface area (Å²) in [5, 5.41) is 4.12. The van der Waals surface area contributed by atoms with Crippen LogP contribution >= 0.6 is 0 Å². The van der Waals surface area contributed by atoms with Crippen LogP contribution in [0.5, 0.6) is 0 Å². The predicted octanol–water partition coefficient (Wildman–Crippen LogP) is 2.38. The number of hydrogen-bond acceptors (Lipinski definition) is 3. The van der Waals surface area contributed by atoms with Crippen molar-refractivity contribution in [2.75, 3.05) is 0 Å². The molecular weight excluding hydrogens is 349 g/mol. The molecule has 2 N–H and O–H groups in total. The number of amides is 2. The second-order valence-corrected chi connectivity index (χ2v) is 5.58. The third-order valence-electron chi connectivity index (χ3n) is 3.36. The van der Waals surface area contributed by atoms with Crippen LogP contribution in [0.3, 0.4) is 0 Å². The van der Waals surface area contributed by atoms with Crippen molar-refractivity contribution in [2.24, 2.45) is 0 Å². The zero-order chi connectivity index (χ0) is 19.3. The molecule has 0 atom stereocenters. The highest BCUT2D eigenvalue weighted by Gasteiger charge is 2.30. The molecule has 26 heavy (non-hydrogen) atoms. The summed E-state index contributed by atoms with van der Waals surface area (Å²) in [7, 11) is 0. The van der Waals surface area contributed by atoms with Gasteiger partial charge in [0.05, 0.1) is 11.3 Å². The summed E-state index contributed by atoms with van der Waals surface area (Å²) in [6, 6.07) is 6.35. The van der Waals surface area contributed by atoms with Crippen LogP contribution in [-0.4, -0.2) is 21.6 Å². The van der Waals surface area contributed by atoms with E-state index in [1.165, 1.54) is 22.9 Å². The molecule has 2 aromatic rings. The molecule has 0 saturated carbocycles. The van der Waals surface area contributed by atoms with Crippen molar-refractivity contribution in [3.63, 3.8) is 0 Å². The highest BCUT2D eigenvalue weighted by molar-refractivity contribution is 5.93. The Morgan fingerprint density at radius 2 is 1.92 bits per heavy atom. The quantitative estimate of drug-likeness (QED) is 0.644. The number of carbonyl (C=O) groups is 2. The normalized spacial score (nSPS) is 11.6. The highest BCUT2D eigenvalue weighted by atomic mass is 19.4. The van der Waals surface area contributed by atoms with Gasteiger partial charge in [0.1, 0.15) is 6.54 Å². The molecule has 9 heteroatoms. The third kappa shape index (κ3) is 5.47. The third-order valence-corrected chi connectivity index (χ3v) is 3.36. The van der Waals surface area contributed by atoms with Gasteiger partial charge in [0.25, 0.3) is 11.8 Å². The Balaban J connectivity index is 1.87. The van der Waals surface area contributed by atoms with Crippen LogP contribution < -0.4 is 10.9 Å². The molecule has 1 heterocycles. The number of alkyl halides is 3. The number of aryl methyl sites for hydroxylation is 2. The Labute approximate surface area is 147 Å². The zero-order valence-corrected chi connectivity index (χ0v) is 14.1. The van der Waals surface area contributed by atoms with Crippen LogP contribution in [0.2, 0.25) is 0 Å². The summed E-state index contributed by atoms with van der Waals surface area (Å²) < 4.78 is 39.4. The molecule has 1 aromatic heterocycles. The molecule has 138 valence electrons. The highest BCUT2D eigenvalue weighted by Crippen LogP contribution is 2.29. The fourth-order valence-corrected chi connectivity index (χ4v) is 2.17. The average molecular weight is 366 g/mol. The minimum Gasteiger partial charge on any atom is -0.271 e. The molecule has 0 aliphatic rings. The van der Waals surface area contributed by atoms with Crippen molar-refractivity contribution < 1.29 is 22.8 Å². The summed E-state index contributed by atoms with van der Waals surface area (Å²) in [5.74, 6) is -1.17. The van der Waals surface area contributed by atoms with E-state index in [-0.39, 0.29) is 12.1 Å². The zero-order valence-electron chi connectivity index (χ0n) is 14.1. The van der Waals surface area contributed by atoms with Gasteiger partial charge < -0.3 is 0 Å². The van der Waals surface area contributed by atoms with Gasteiger partial charge in [-0.15, -0.1) is 0 Å². The van der Waals surface area contributed by atoms with Crippen molar-refractivity contribution in [1.29, 1.82) is 0 Å². The number of carbonyl (C=O) groups excluding carboxylic acids is 2. The van der Waals surface area contributed by atoms with Crippen molar-refractivity contribution in [3.05, 3.63) is 58.9 Å². The van der Waals surface area contributed by atoms with Crippen LogP contribution in [0.15, 0.2) is 36.4 Å². The number of aromatic nitrogens is 2. The molecule has 0 saturated heterocycles. The largest absolute Gasteiger partial charge is 0.416 e. The van der Waals surface area contributed by atoms with Crippen LogP contribution in [0.4, 0.5) is 13.2 Å². The Morgan fingerprint density at radius 1 is 1.19 bits per heavy atom. The van der Waals surface area contributed by atoms with E-state index in [2.05, 4.69) is 16.0 Å². The minimum absolute atomic E-state index is 0.0721. The summed E-state index contributed by atoms with van der Waals surface area (Å²) in [6.45, 7) is 3.52.